The molecule has 0 bridgehead atoms. The number of cyclic esters (lactones) is 1. The lowest BCUT2D eigenvalue weighted by Gasteiger charge is -2.38. The molecule has 1 aromatic carbocycles. The summed E-state index contributed by atoms with van der Waals surface area (Å²) in [5.74, 6) is 1.58. The number of amides is 1. The lowest BCUT2D eigenvalue weighted by Crippen LogP contribution is -2.47. The van der Waals surface area contributed by atoms with Crippen LogP contribution in [-0.4, -0.2) is 71.2 Å². The summed E-state index contributed by atoms with van der Waals surface area (Å²) < 4.78 is 5.42. The molecule has 2 aromatic rings. The van der Waals surface area contributed by atoms with Crippen molar-refractivity contribution in [1.82, 2.24) is 19.8 Å². The van der Waals surface area contributed by atoms with Gasteiger partial charge in [-0.1, -0.05) is 24.3 Å². The molecule has 1 aliphatic carbocycles. The van der Waals surface area contributed by atoms with E-state index in [1.165, 1.54) is 24.0 Å². The molecule has 3 aliphatic rings. The Kier molecular flexibility index (Phi) is 6.92. The smallest absolute Gasteiger partial charge is 0.416 e. The van der Waals surface area contributed by atoms with E-state index in [0.717, 1.165) is 25.9 Å². The molecule has 3 atom stereocenters. The third-order valence-electron chi connectivity index (χ3n) is 8.55. The van der Waals surface area contributed by atoms with Gasteiger partial charge in [-0.25, -0.2) is 9.78 Å². The molecule has 36 heavy (non-hydrogen) atoms. The van der Waals surface area contributed by atoms with Crippen LogP contribution in [0.5, 0.6) is 0 Å². The van der Waals surface area contributed by atoms with Crippen molar-refractivity contribution >= 4 is 17.9 Å². The molecular formula is C28H40N6O2. The summed E-state index contributed by atoms with van der Waals surface area (Å²) in [6.07, 6.45) is 6.09. The predicted molar refractivity (Wildman–Crippen MR) is 142 cm³/mol. The summed E-state index contributed by atoms with van der Waals surface area (Å²) in [4.78, 5) is 28.3. The van der Waals surface area contributed by atoms with E-state index in [-0.39, 0.29) is 17.7 Å². The van der Waals surface area contributed by atoms with E-state index >= 15 is 0 Å². The van der Waals surface area contributed by atoms with Gasteiger partial charge in [0.1, 0.15) is 12.4 Å². The van der Waals surface area contributed by atoms with Crippen LogP contribution in [0.2, 0.25) is 0 Å². The number of ether oxygens (including phenoxy) is 1. The SMILES string of the molecule is CC(c1ccc([C@H](C)Nc2nccc(N3C(=O)OC[C@]3(C)C3CC3)n2)cc1)N1CCC(N(C)C)CC1. The van der Waals surface area contributed by atoms with Gasteiger partial charge in [0, 0.05) is 31.4 Å². The van der Waals surface area contributed by atoms with Gasteiger partial charge in [-0.3, -0.25) is 9.80 Å². The molecule has 8 heteroatoms. The van der Waals surface area contributed by atoms with Crippen molar-refractivity contribution in [2.24, 2.45) is 5.92 Å². The fourth-order valence-corrected chi connectivity index (χ4v) is 5.79. The molecule has 3 heterocycles. The summed E-state index contributed by atoms with van der Waals surface area (Å²) in [7, 11) is 4.37. The minimum atomic E-state index is -0.331. The summed E-state index contributed by atoms with van der Waals surface area (Å²) in [5.41, 5.74) is 2.19. The van der Waals surface area contributed by atoms with Gasteiger partial charge in [0.15, 0.2) is 0 Å². The van der Waals surface area contributed by atoms with E-state index in [9.17, 15) is 4.79 Å². The number of anilines is 2. The zero-order chi connectivity index (χ0) is 25.4. The molecule has 2 saturated heterocycles. The highest BCUT2D eigenvalue weighted by atomic mass is 16.6. The first-order chi connectivity index (χ1) is 17.3. The summed E-state index contributed by atoms with van der Waals surface area (Å²) in [6.45, 7) is 9.21. The van der Waals surface area contributed by atoms with Crippen molar-refractivity contribution in [3.8, 4) is 0 Å². The Bertz CT molecular complexity index is 1060. The minimum Gasteiger partial charge on any atom is -0.447 e. The first-order valence-corrected chi connectivity index (χ1v) is 13.3. The van der Waals surface area contributed by atoms with Gasteiger partial charge in [-0.15, -0.1) is 0 Å². The van der Waals surface area contributed by atoms with Crippen LogP contribution >= 0.6 is 0 Å². The first kappa shape index (κ1) is 25.0. The van der Waals surface area contributed by atoms with Crippen LogP contribution in [0.1, 0.15) is 69.7 Å². The number of piperidine rings is 1. The Morgan fingerprint density at radius 2 is 1.72 bits per heavy atom. The van der Waals surface area contributed by atoms with Crippen LogP contribution in [0.4, 0.5) is 16.6 Å². The van der Waals surface area contributed by atoms with Crippen LogP contribution < -0.4 is 10.2 Å². The van der Waals surface area contributed by atoms with Gasteiger partial charge >= 0.3 is 6.09 Å². The van der Waals surface area contributed by atoms with Crippen molar-refractivity contribution in [2.75, 3.05) is 44.0 Å². The van der Waals surface area contributed by atoms with E-state index < -0.39 is 0 Å². The number of likely N-dealkylation sites (tertiary alicyclic amines) is 1. The number of rotatable bonds is 8. The Morgan fingerprint density at radius 3 is 2.36 bits per heavy atom. The van der Waals surface area contributed by atoms with E-state index in [1.54, 1.807) is 17.2 Å². The molecule has 1 amide bonds. The van der Waals surface area contributed by atoms with Gasteiger partial charge < -0.3 is 15.0 Å². The van der Waals surface area contributed by atoms with Crippen molar-refractivity contribution in [3.05, 3.63) is 47.7 Å². The molecule has 0 radical (unpaired) electrons. The monoisotopic (exact) mass is 492 g/mol. The minimum absolute atomic E-state index is 0.0285. The molecule has 1 N–H and O–H groups in total. The number of nitrogens with zero attached hydrogens (tertiary/aromatic N) is 5. The quantitative estimate of drug-likeness (QED) is 0.564. The topological polar surface area (TPSA) is 73.8 Å². The van der Waals surface area contributed by atoms with Crippen molar-refractivity contribution in [1.29, 1.82) is 0 Å². The van der Waals surface area contributed by atoms with Gasteiger partial charge in [0.2, 0.25) is 5.95 Å². The molecule has 0 spiro atoms. The second kappa shape index (κ2) is 9.98. The van der Waals surface area contributed by atoms with Crippen LogP contribution in [0.15, 0.2) is 36.5 Å². The highest BCUT2D eigenvalue weighted by Crippen LogP contribution is 2.47. The number of hydrogen-bond acceptors (Lipinski definition) is 7. The number of hydrogen-bond donors (Lipinski definition) is 1. The molecule has 1 unspecified atom stereocenters. The van der Waals surface area contributed by atoms with Gasteiger partial charge in [0.05, 0.1) is 11.6 Å². The molecule has 8 nitrogen and oxygen atoms in total. The maximum atomic E-state index is 12.5. The van der Waals surface area contributed by atoms with Crippen LogP contribution in [-0.2, 0) is 4.74 Å². The Labute approximate surface area is 215 Å². The fraction of sp³-hybridized carbons (Fsp3) is 0.607. The lowest BCUT2D eigenvalue weighted by atomic mass is 9.96. The van der Waals surface area contributed by atoms with E-state index in [0.29, 0.717) is 36.4 Å². The molecule has 3 fully saturated rings. The van der Waals surface area contributed by atoms with E-state index in [4.69, 9.17) is 9.72 Å². The van der Waals surface area contributed by atoms with Gasteiger partial charge in [0.25, 0.3) is 0 Å². The highest BCUT2D eigenvalue weighted by Gasteiger charge is 2.54. The third-order valence-corrected chi connectivity index (χ3v) is 8.55. The molecule has 194 valence electrons. The second-order valence-electron chi connectivity index (χ2n) is 11.2. The van der Waals surface area contributed by atoms with Crippen molar-refractivity contribution in [2.45, 2.75) is 70.1 Å². The highest BCUT2D eigenvalue weighted by molar-refractivity contribution is 5.90. The van der Waals surface area contributed by atoms with E-state index in [2.05, 4.69) is 79.2 Å². The van der Waals surface area contributed by atoms with Crippen LogP contribution in [0.25, 0.3) is 0 Å². The van der Waals surface area contributed by atoms with Crippen molar-refractivity contribution < 1.29 is 9.53 Å². The zero-order valence-electron chi connectivity index (χ0n) is 22.3. The van der Waals surface area contributed by atoms with Crippen LogP contribution in [0.3, 0.4) is 0 Å². The van der Waals surface area contributed by atoms with Gasteiger partial charge in [-0.2, -0.15) is 4.98 Å². The normalized spacial score (nSPS) is 25.2. The molecular weight excluding hydrogens is 452 g/mol. The Balaban J connectivity index is 1.23. The number of aromatic nitrogens is 2. The number of benzene rings is 1. The second-order valence-corrected chi connectivity index (χ2v) is 11.2. The summed E-state index contributed by atoms with van der Waals surface area (Å²) in [5, 5.41) is 3.42. The average molecular weight is 493 g/mol. The summed E-state index contributed by atoms with van der Waals surface area (Å²) in [6, 6.07) is 11.8. The van der Waals surface area contributed by atoms with Gasteiger partial charge in [-0.05, 0) is 83.7 Å². The maximum Gasteiger partial charge on any atom is 0.416 e. The fourth-order valence-electron chi connectivity index (χ4n) is 5.79. The lowest BCUT2D eigenvalue weighted by molar-refractivity contribution is 0.115. The largest absolute Gasteiger partial charge is 0.447 e. The average Bonchev–Trinajstić information content (AvgIpc) is 3.70. The number of nitrogens with one attached hydrogen (secondary N) is 1. The number of carbonyl (C=O) groups is 1. The first-order valence-electron chi connectivity index (χ1n) is 13.3. The maximum absolute atomic E-state index is 12.5. The molecule has 1 saturated carbocycles. The third kappa shape index (κ3) is 4.93. The molecule has 5 rings (SSSR count). The molecule has 1 aromatic heterocycles. The Morgan fingerprint density at radius 1 is 1.06 bits per heavy atom. The standard InChI is InChI=1S/C28H40N6O2/c1-19(21-6-8-22(9-7-21)20(2)33-16-13-24(14-17-33)32(4)5)30-26-29-15-12-25(31-26)34-27(35)36-18-28(34,3)23-10-11-23/h6-9,12,15,19-20,23-24H,10-11,13-14,16-18H2,1-5H3,(H,29,30,31)/t19-,20?,28+/m0/s1. The Hall–Kier alpha value is -2.71. The molecule has 2 aliphatic heterocycles. The zero-order valence-corrected chi connectivity index (χ0v) is 22.3. The van der Waals surface area contributed by atoms with Crippen LogP contribution in [0, 0.1) is 5.92 Å². The predicted octanol–water partition coefficient (Wildman–Crippen LogP) is 4.86. The number of carbonyl (C=O) groups excluding carboxylic acids is 1. The van der Waals surface area contributed by atoms with Crippen molar-refractivity contribution in [3.63, 3.8) is 0 Å². The van der Waals surface area contributed by atoms with E-state index in [1.807, 2.05) is 0 Å². The summed E-state index contributed by atoms with van der Waals surface area (Å²) >= 11 is 0.